The van der Waals surface area contributed by atoms with Crippen LogP contribution in [0.2, 0.25) is 0 Å². The van der Waals surface area contributed by atoms with E-state index < -0.39 is 0 Å². The third-order valence-corrected chi connectivity index (χ3v) is 4.12. The van der Waals surface area contributed by atoms with Crippen LogP contribution in [-0.2, 0) is 0 Å². The molecule has 21 heavy (non-hydrogen) atoms. The first kappa shape index (κ1) is 12.5. The lowest BCUT2D eigenvalue weighted by molar-refractivity contribution is 0.0935. The zero-order valence-electron chi connectivity index (χ0n) is 10.9. The molecule has 0 saturated carbocycles. The third kappa shape index (κ3) is 2.03. The molecule has 6 heteroatoms. The van der Waals surface area contributed by atoms with E-state index in [4.69, 9.17) is 9.47 Å². The van der Waals surface area contributed by atoms with Gasteiger partial charge in [-0.15, -0.1) is 0 Å². The minimum atomic E-state index is -0.307. The number of amides is 1. The van der Waals surface area contributed by atoms with Gasteiger partial charge < -0.3 is 20.1 Å². The SMILES string of the molecule is O=C1N[C@@H](c2cc(Br)c3c(c2)OCO3)Nc2ccccc21. The third-order valence-electron chi connectivity index (χ3n) is 3.53. The highest BCUT2D eigenvalue weighted by Gasteiger charge is 2.27. The molecule has 2 N–H and O–H groups in total. The quantitative estimate of drug-likeness (QED) is 0.833. The summed E-state index contributed by atoms with van der Waals surface area (Å²) in [6.45, 7) is 0.213. The summed E-state index contributed by atoms with van der Waals surface area (Å²) in [5, 5.41) is 6.25. The molecule has 106 valence electrons. The van der Waals surface area contributed by atoms with Crippen LogP contribution < -0.4 is 20.1 Å². The molecule has 1 amide bonds. The van der Waals surface area contributed by atoms with Crippen molar-refractivity contribution in [1.82, 2.24) is 5.32 Å². The second kappa shape index (κ2) is 4.66. The Kier molecular flexibility index (Phi) is 2.78. The van der Waals surface area contributed by atoms with Gasteiger partial charge in [0.15, 0.2) is 11.5 Å². The van der Waals surface area contributed by atoms with Crippen molar-refractivity contribution in [2.75, 3.05) is 12.1 Å². The van der Waals surface area contributed by atoms with Crippen LogP contribution in [0.4, 0.5) is 5.69 Å². The largest absolute Gasteiger partial charge is 0.454 e. The normalized spacial score (nSPS) is 18.7. The molecule has 0 bridgehead atoms. The Morgan fingerprint density at radius 1 is 1.14 bits per heavy atom. The Labute approximate surface area is 129 Å². The van der Waals surface area contributed by atoms with Gasteiger partial charge in [-0.3, -0.25) is 4.79 Å². The van der Waals surface area contributed by atoms with Crippen molar-refractivity contribution in [3.63, 3.8) is 0 Å². The molecular formula is C15H11BrN2O3. The Bertz CT molecular complexity index is 748. The topological polar surface area (TPSA) is 59.6 Å². The number of carbonyl (C=O) groups excluding carboxylic acids is 1. The van der Waals surface area contributed by atoms with Gasteiger partial charge in [0.2, 0.25) is 6.79 Å². The number of ether oxygens (including phenoxy) is 2. The number of anilines is 1. The van der Waals surface area contributed by atoms with Crippen molar-refractivity contribution >= 4 is 27.5 Å². The standard InChI is InChI=1S/C15H11BrN2O3/c16-10-5-8(6-12-13(10)21-7-20-12)14-17-11-4-2-1-3-9(11)15(19)18-14/h1-6,14,17H,7H2,(H,18,19)/t14-/m0/s1. The first-order valence-corrected chi connectivity index (χ1v) is 7.27. The van der Waals surface area contributed by atoms with Gasteiger partial charge in [0.05, 0.1) is 10.0 Å². The van der Waals surface area contributed by atoms with Crippen LogP contribution in [0.1, 0.15) is 22.1 Å². The van der Waals surface area contributed by atoms with E-state index in [-0.39, 0.29) is 18.9 Å². The summed E-state index contributed by atoms with van der Waals surface area (Å²) in [6, 6.07) is 11.2. The van der Waals surface area contributed by atoms with Gasteiger partial charge in [-0.05, 0) is 45.8 Å². The lowest BCUT2D eigenvalue weighted by Gasteiger charge is -2.28. The van der Waals surface area contributed by atoms with Crippen molar-refractivity contribution in [2.24, 2.45) is 0 Å². The zero-order valence-corrected chi connectivity index (χ0v) is 12.4. The van der Waals surface area contributed by atoms with Crippen LogP contribution >= 0.6 is 15.9 Å². The maximum atomic E-state index is 12.2. The Balaban J connectivity index is 1.73. The molecule has 2 aliphatic heterocycles. The van der Waals surface area contributed by atoms with Gasteiger partial charge in [0, 0.05) is 5.69 Å². The van der Waals surface area contributed by atoms with Crippen molar-refractivity contribution in [3.05, 3.63) is 52.0 Å². The van der Waals surface area contributed by atoms with Gasteiger partial charge in [-0.25, -0.2) is 0 Å². The van der Waals surface area contributed by atoms with Gasteiger partial charge in [0.25, 0.3) is 5.91 Å². The molecule has 0 aliphatic carbocycles. The van der Waals surface area contributed by atoms with Crippen molar-refractivity contribution in [1.29, 1.82) is 0 Å². The monoisotopic (exact) mass is 346 g/mol. The zero-order chi connectivity index (χ0) is 14.4. The molecule has 2 aromatic carbocycles. The summed E-state index contributed by atoms with van der Waals surface area (Å²) in [5.74, 6) is 1.28. The molecule has 1 atom stereocenters. The summed E-state index contributed by atoms with van der Waals surface area (Å²) in [7, 11) is 0. The number of fused-ring (bicyclic) bond motifs is 2. The van der Waals surface area contributed by atoms with E-state index >= 15 is 0 Å². The predicted octanol–water partition coefficient (Wildman–Crippen LogP) is 3.03. The first-order valence-electron chi connectivity index (χ1n) is 6.48. The molecule has 0 saturated heterocycles. The Morgan fingerprint density at radius 2 is 2.00 bits per heavy atom. The lowest BCUT2D eigenvalue weighted by atomic mass is 10.1. The Hall–Kier alpha value is -2.21. The first-order chi connectivity index (χ1) is 10.2. The summed E-state index contributed by atoms with van der Waals surface area (Å²) in [6.07, 6.45) is -0.307. The fraction of sp³-hybridized carbons (Fsp3) is 0.133. The van der Waals surface area contributed by atoms with E-state index in [1.807, 2.05) is 30.3 Å². The smallest absolute Gasteiger partial charge is 0.255 e. The molecule has 2 aromatic rings. The number of nitrogens with one attached hydrogen (secondary N) is 2. The highest BCUT2D eigenvalue weighted by molar-refractivity contribution is 9.10. The van der Waals surface area contributed by atoms with Crippen LogP contribution in [0, 0.1) is 0 Å². The van der Waals surface area contributed by atoms with Crippen LogP contribution in [0.25, 0.3) is 0 Å². The van der Waals surface area contributed by atoms with E-state index in [9.17, 15) is 4.79 Å². The average Bonchev–Trinajstić information content (AvgIpc) is 2.96. The lowest BCUT2D eigenvalue weighted by Crippen LogP contribution is -2.38. The van der Waals surface area contributed by atoms with Gasteiger partial charge in [-0.1, -0.05) is 12.1 Å². The second-order valence-electron chi connectivity index (χ2n) is 4.83. The number of hydrogen-bond donors (Lipinski definition) is 2. The highest BCUT2D eigenvalue weighted by atomic mass is 79.9. The van der Waals surface area contributed by atoms with Crippen LogP contribution in [-0.4, -0.2) is 12.7 Å². The minimum Gasteiger partial charge on any atom is -0.454 e. The fourth-order valence-electron chi connectivity index (χ4n) is 2.53. The Morgan fingerprint density at radius 3 is 2.90 bits per heavy atom. The van der Waals surface area contributed by atoms with Crippen LogP contribution in [0.5, 0.6) is 11.5 Å². The summed E-state index contributed by atoms with van der Waals surface area (Å²) in [4.78, 5) is 12.2. The minimum absolute atomic E-state index is 0.0943. The molecule has 2 heterocycles. The number of carbonyl (C=O) groups is 1. The van der Waals surface area contributed by atoms with E-state index in [0.717, 1.165) is 15.7 Å². The molecule has 0 unspecified atom stereocenters. The van der Waals surface area contributed by atoms with E-state index in [1.165, 1.54) is 0 Å². The molecule has 0 spiro atoms. The number of rotatable bonds is 1. The highest BCUT2D eigenvalue weighted by Crippen LogP contribution is 2.41. The van der Waals surface area contributed by atoms with Gasteiger partial charge in [-0.2, -0.15) is 0 Å². The van der Waals surface area contributed by atoms with E-state index in [0.29, 0.717) is 17.1 Å². The molecular weight excluding hydrogens is 336 g/mol. The molecule has 0 aromatic heterocycles. The molecule has 5 nitrogen and oxygen atoms in total. The number of para-hydroxylation sites is 1. The number of halogens is 1. The van der Waals surface area contributed by atoms with Gasteiger partial charge in [0.1, 0.15) is 6.17 Å². The molecule has 4 rings (SSSR count). The maximum Gasteiger partial charge on any atom is 0.255 e. The number of hydrogen-bond acceptors (Lipinski definition) is 4. The second-order valence-corrected chi connectivity index (χ2v) is 5.69. The van der Waals surface area contributed by atoms with Crippen LogP contribution in [0.15, 0.2) is 40.9 Å². The number of benzene rings is 2. The fourth-order valence-corrected chi connectivity index (χ4v) is 3.10. The summed E-state index contributed by atoms with van der Waals surface area (Å²) >= 11 is 3.47. The van der Waals surface area contributed by atoms with Gasteiger partial charge >= 0.3 is 0 Å². The van der Waals surface area contributed by atoms with E-state index in [1.54, 1.807) is 6.07 Å². The predicted molar refractivity (Wildman–Crippen MR) is 80.5 cm³/mol. The van der Waals surface area contributed by atoms with Crippen molar-refractivity contribution in [2.45, 2.75) is 6.17 Å². The van der Waals surface area contributed by atoms with Crippen LogP contribution in [0.3, 0.4) is 0 Å². The maximum absolute atomic E-state index is 12.2. The molecule has 0 radical (unpaired) electrons. The molecule has 2 aliphatic rings. The summed E-state index contributed by atoms with van der Waals surface area (Å²) in [5.41, 5.74) is 2.36. The van der Waals surface area contributed by atoms with Crippen molar-refractivity contribution < 1.29 is 14.3 Å². The average molecular weight is 347 g/mol. The van der Waals surface area contributed by atoms with E-state index in [2.05, 4.69) is 26.6 Å². The molecule has 0 fully saturated rings. The summed E-state index contributed by atoms with van der Waals surface area (Å²) < 4.78 is 11.6. The van der Waals surface area contributed by atoms with Crippen molar-refractivity contribution in [3.8, 4) is 11.5 Å².